The van der Waals surface area contributed by atoms with Gasteiger partial charge in [-0.3, -0.25) is 0 Å². The molecule has 0 radical (unpaired) electrons. The van der Waals surface area contributed by atoms with E-state index >= 15 is 0 Å². The summed E-state index contributed by atoms with van der Waals surface area (Å²) in [6, 6.07) is 0. The number of nitrogens with zero attached hydrogens (tertiary/aromatic N) is 2. The molecule has 3 rings (SSSR count). The molecular formula is C13H18ClN3. The molecule has 0 aromatic carbocycles. The van der Waals surface area contributed by atoms with Crippen molar-refractivity contribution in [2.75, 3.05) is 11.9 Å². The summed E-state index contributed by atoms with van der Waals surface area (Å²) in [4.78, 5) is 8.97. The van der Waals surface area contributed by atoms with E-state index in [9.17, 15) is 0 Å². The van der Waals surface area contributed by atoms with Crippen LogP contribution in [-0.4, -0.2) is 16.5 Å². The summed E-state index contributed by atoms with van der Waals surface area (Å²) in [6.07, 6.45) is 6.47. The van der Waals surface area contributed by atoms with Crippen LogP contribution in [0.25, 0.3) is 0 Å². The lowest BCUT2D eigenvalue weighted by molar-refractivity contribution is 0.755. The maximum absolute atomic E-state index is 6.15. The van der Waals surface area contributed by atoms with Crippen molar-refractivity contribution in [2.24, 2.45) is 5.92 Å². The van der Waals surface area contributed by atoms with E-state index in [-0.39, 0.29) is 0 Å². The van der Waals surface area contributed by atoms with Gasteiger partial charge in [-0.15, -0.1) is 0 Å². The zero-order valence-corrected chi connectivity index (χ0v) is 10.9. The van der Waals surface area contributed by atoms with Gasteiger partial charge >= 0.3 is 0 Å². The molecule has 0 bridgehead atoms. The minimum atomic E-state index is 0.553. The first-order valence-electron chi connectivity index (χ1n) is 6.52. The smallest absolute Gasteiger partial charge is 0.137 e. The van der Waals surface area contributed by atoms with Crippen LogP contribution in [0.3, 0.4) is 0 Å². The van der Waals surface area contributed by atoms with Crippen LogP contribution in [0.2, 0.25) is 5.15 Å². The van der Waals surface area contributed by atoms with Crippen LogP contribution in [0.5, 0.6) is 0 Å². The number of rotatable bonds is 5. The molecule has 2 fully saturated rings. The van der Waals surface area contributed by atoms with Gasteiger partial charge in [-0.1, -0.05) is 24.4 Å². The van der Waals surface area contributed by atoms with Gasteiger partial charge in [-0.2, -0.15) is 0 Å². The van der Waals surface area contributed by atoms with Crippen LogP contribution in [0.1, 0.15) is 49.4 Å². The number of hydrogen-bond donors (Lipinski definition) is 1. The van der Waals surface area contributed by atoms with Gasteiger partial charge in [-0.25, -0.2) is 9.97 Å². The maximum Gasteiger partial charge on any atom is 0.137 e. The second-order valence-electron chi connectivity index (χ2n) is 5.28. The fraction of sp³-hybridized carbons (Fsp3) is 0.692. The summed E-state index contributed by atoms with van der Waals surface area (Å²) < 4.78 is 0. The molecule has 2 saturated carbocycles. The van der Waals surface area contributed by atoms with Gasteiger partial charge in [0.15, 0.2) is 0 Å². The summed E-state index contributed by atoms with van der Waals surface area (Å²) in [5.41, 5.74) is 0.979. The van der Waals surface area contributed by atoms with Gasteiger partial charge in [0, 0.05) is 18.0 Å². The Bertz CT molecular complexity index is 425. The Labute approximate surface area is 107 Å². The van der Waals surface area contributed by atoms with E-state index in [0.717, 1.165) is 29.7 Å². The molecule has 4 heteroatoms. The van der Waals surface area contributed by atoms with E-state index in [1.807, 2.05) is 6.92 Å². The molecule has 0 aliphatic heterocycles. The van der Waals surface area contributed by atoms with Gasteiger partial charge in [0.05, 0.1) is 0 Å². The third kappa shape index (κ3) is 2.71. The van der Waals surface area contributed by atoms with Crippen molar-refractivity contribution in [3.63, 3.8) is 0 Å². The third-order valence-electron chi connectivity index (χ3n) is 3.59. The Balaban J connectivity index is 1.70. The predicted octanol–water partition coefficient (Wildman–Crippen LogP) is 3.53. The number of halogens is 1. The van der Waals surface area contributed by atoms with Gasteiger partial charge in [0.2, 0.25) is 0 Å². The second-order valence-corrected chi connectivity index (χ2v) is 5.64. The van der Waals surface area contributed by atoms with Crippen LogP contribution >= 0.6 is 11.6 Å². The largest absolute Gasteiger partial charge is 0.370 e. The lowest BCUT2D eigenvalue weighted by Crippen LogP contribution is -2.08. The predicted molar refractivity (Wildman–Crippen MR) is 69.6 cm³/mol. The van der Waals surface area contributed by atoms with Crippen LogP contribution in [-0.2, 0) is 0 Å². The quantitative estimate of drug-likeness (QED) is 0.814. The van der Waals surface area contributed by atoms with Crippen LogP contribution in [0, 0.1) is 12.8 Å². The van der Waals surface area contributed by atoms with E-state index in [4.69, 9.17) is 11.6 Å². The fourth-order valence-electron chi connectivity index (χ4n) is 2.00. The van der Waals surface area contributed by atoms with E-state index in [0.29, 0.717) is 11.1 Å². The van der Waals surface area contributed by atoms with Gasteiger partial charge < -0.3 is 5.32 Å². The normalized spacial score (nSPS) is 19.4. The van der Waals surface area contributed by atoms with Crippen molar-refractivity contribution >= 4 is 17.4 Å². The highest BCUT2D eigenvalue weighted by Crippen LogP contribution is 2.39. The molecule has 1 aromatic heterocycles. The number of hydrogen-bond acceptors (Lipinski definition) is 3. The van der Waals surface area contributed by atoms with Gasteiger partial charge in [0.1, 0.15) is 16.8 Å². The van der Waals surface area contributed by atoms with Crippen LogP contribution in [0.15, 0.2) is 0 Å². The molecule has 17 heavy (non-hydrogen) atoms. The molecule has 0 atom stereocenters. The molecule has 2 aliphatic rings. The van der Waals surface area contributed by atoms with E-state index < -0.39 is 0 Å². The maximum atomic E-state index is 6.15. The summed E-state index contributed by atoms with van der Waals surface area (Å²) in [7, 11) is 0. The van der Waals surface area contributed by atoms with E-state index in [1.54, 1.807) is 0 Å². The molecule has 0 saturated heterocycles. The molecule has 0 spiro atoms. The highest BCUT2D eigenvalue weighted by atomic mass is 35.5. The molecule has 2 aliphatic carbocycles. The standard InChI is InChI=1S/C13H18ClN3/c1-8-11(14)16-13(10-4-5-10)17-12(8)15-7-6-9-2-3-9/h9-10H,2-7H2,1H3,(H,15,16,17). The number of nitrogens with one attached hydrogen (secondary N) is 1. The first-order chi connectivity index (χ1) is 8.24. The number of anilines is 1. The molecule has 1 heterocycles. The Morgan fingerprint density at radius 3 is 2.65 bits per heavy atom. The summed E-state index contributed by atoms with van der Waals surface area (Å²) >= 11 is 6.15. The zero-order chi connectivity index (χ0) is 11.8. The Morgan fingerprint density at radius 2 is 2.00 bits per heavy atom. The van der Waals surface area contributed by atoms with Crippen LogP contribution < -0.4 is 5.32 Å². The summed E-state index contributed by atoms with van der Waals surface area (Å²) in [6.45, 7) is 2.99. The molecule has 3 nitrogen and oxygen atoms in total. The van der Waals surface area contributed by atoms with Crippen molar-refractivity contribution < 1.29 is 0 Å². The first kappa shape index (κ1) is 11.3. The van der Waals surface area contributed by atoms with Crippen LogP contribution in [0.4, 0.5) is 5.82 Å². The minimum absolute atomic E-state index is 0.553. The highest BCUT2D eigenvalue weighted by Gasteiger charge is 2.28. The van der Waals surface area contributed by atoms with Crippen molar-refractivity contribution in [1.29, 1.82) is 0 Å². The van der Waals surface area contributed by atoms with E-state index in [2.05, 4.69) is 15.3 Å². The Hall–Kier alpha value is -0.830. The zero-order valence-electron chi connectivity index (χ0n) is 10.2. The highest BCUT2D eigenvalue weighted by molar-refractivity contribution is 6.30. The van der Waals surface area contributed by atoms with Crippen molar-refractivity contribution in [3.8, 4) is 0 Å². The molecule has 0 unspecified atom stereocenters. The lowest BCUT2D eigenvalue weighted by Gasteiger charge is -2.10. The second kappa shape index (κ2) is 4.45. The summed E-state index contributed by atoms with van der Waals surface area (Å²) in [5.74, 6) is 3.36. The molecule has 1 aromatic rings. The monoisotopic (exact) mass is 251 g/mol. The fourth-order valence-corrected chi connectivity index (χ4v) is 2.18. The lowest BCUT2D eigenvalue weighted by atomic mass is 10.2. The number of aromatic nitrogens is 2. The third-order valence-corrected chi connectivity index (χ3v) is 3.96. The first-order valence-corrected chi connectivity index (χ1v) is 6.89. The van der Waals surface area contributed by atoms with Crippen molar-refractivity contribution in [3.05, 3.63) is 16.5 Å². The topological polar surface area (TPSA) is 37.8 Å². The molecule has 92 valence electrons. The average Bonchev–Trinajstić information content (AvgIpc) is 3.16. The Morgan fingerprint density at radius 1 is 1.24 bits per heavy atom. The minimum Gasteiger partial charge on any atom is -0.370 e. The van der Waals surface area contributed by atoms with Gasteiger partial charge in [-0.05, 0) is 32.1 Å². The molecule has 1 N–H and O–H groups in total. The average molecular weight is 252 g/mol. The van der Waals surface area contributed by atoms with E-state index in [1.165, 1.54) is 32.1 Å². The summed E-state index contributed by atoms with van der Waals surface area (Å²) in [5, 5.41) is 4.02. The van der Waals surface area contributed by atoms with Crippen molar-refractivity contribution in [1.82, 2.24) is 9.97 Å². The molecular weight excluding hydrogens is 234 g/mol. The van der Waals surface area contributed by atoms with Crippen molar-refractivity contribution in [2.45, 2.75) is 44.9 Å². The van der Waals surface area contributed by atoms with Gasteiger partial charge in [0.25, 0.3) is 0 Å². The molecule has 0 amide bonds. The Kier molecular flexibility index (Phi) is 2.95. The SMILES string of the molecule is Cc1c(Cl)nc(C2CC2)nc1NCCC1CC1.